The smallest absolute Gasteiger partial charge is 0.237 e. The van der Waals surface area contributed by atoms with E-state index in [1.807, 2.05) is 19.2 Å². The van der Waals surface area contributed by atoms with Crippen molar-refractivity contribution in [3.8, 4) is 0 Å². The van der Waals surface area contributed by atoms with E-state index in [1.54, 1.807) is 7.11 Å². The molecule has 0 fully saturated rings. The molecule has 1 aliphatic heterocycles. The molecule has 1 amide bonds. The number of hydrogen-bond donors (Lipinski definition) is 1. The summed E-state index contributed by atoms with van der Waals surface area (Å²) in [6.45, 7) is 1.58. The Balaban J connectivity index is 1.51. The van der Waals surface area contributed by atoms with Crippen molar-refractivity contribution < 1.29 is 14.1 Å². The molecule has 1 aromatic heterocycles. The van der Waals surface area contributed by atoms with Crippen LogP contribution >= 0.6 is 0 Å². The maximum atomic E-state index is 12.5. The highest BCUT2D eigenvalue weighted by atomic mass is 16.5. The van der Waals surface area contributed by atoms with Gasteiger partial charge in [0.25, 0.3) is 0 Å². The first-order valence-corrected chi connectivity index (χ1v) is 8.02. The van der Waals surface area contributed by atoms with Gasteiger partial charge in [-0.25, -0.2) is 0 Å². The van der Waals surface area contributed by atoms with E-state index in [1.165, 1.54) is 11.1 Å². The van der Waals surface area contributed by atoms with Gasteiger partial charge in [0.05, 0.1) is 6.04 Å². The number of methoxy groups -OCH3 is 1. The third kappa shape index (κ3) is 3.80. The summed E-state index contributed by atoms with van der Waals surface area (Å²) in [6.07, 6.45) is 1.24. The van der Waals surface area contributed by atoms with Gasteiger partial charge in [-0.2, -0.15) is 4.98 Å². The van der Waals surface area contributed by atoms with E-state index in [0.29, 0.717) is 31.3 Å². The van der Waals surface area contributed by atoms with E-state index in [-0.39, 0.29) is 11.9 Å². The number of carbonyl (C=O) groups is 1. The summed E-state index contributed by atoms with van der Waals surface area (Å²) in [6, 6.07) is 8.12. The number of amides is 1. The zero-order valence-corrected chi connectivity index (χ0v) is 14.0. The zero-order chi connectivity index (χ0) is 16.9. The second-order valence-electron chi connectivity index (χ2n) is 5.98. The Morgan fingerprint density at radius 3 is 3.00 bits per heavy atom. The van der Waals surface area contributed by atoms with Crippen molar-refractivity contribution >= 4 is 5.91 Å². The topological polar surface area (TPSA) is 80.5 Å². The average Bonchev–Trinajstić information content (AvgIpc) is 3.02. The van der Waals surface area contributed by atoms with E-state index in [2.05, 4.69) is 32.5 Å². The van der Waals surface area contributed by atoms with Crippen LogP contribution in [0, 0.1) is 0 Å². The molecule has 1 aliphatic rings. The van der Waals surface area contributed by atoms with Crippen molar-refractivity contribution in [1.82, 2.24) is 20.4 Å². The van der Waals surface area contributed by atoms with Crippen LogP contribution in [0.25, 0.3) is 0 Å². The number of carbonyl (C=O) groups excluding carboxylic acids is 1. The lowest BCUT2D eigenvalue weighted by Crippen LogP contribution is -2.48. The van der Waals surface area contributed by atoms with Gasteiger partial charge in [0.15, 0.2) is 5.82 Å². The minimum atomic E-state index is -0.147. The third-order valence-corrected chi connectivity index (χ3v) is 4.21. The second kappa shape index (κ2) is 7.55. The number of fused-ring (bicyclic) bond motifs is 1. The molecular formula is C17H22N4O3. The quantitative estimate of drug-likeness (QED) is 0.849. The van der Waals surface area contributed by atoms with Gasteiger partial charge >= 0.3 is 0 Å². The van der Waals surface area contributed by atoms with Gasteiger partial charge in [-0.3, -0.25) is 9.69 Å². The average molecular weight is 330 g/mol. The number of nitrogens with one attached hydrogen (secondary N) is 1. The molecule has 7 nitrogen and oxygen atoms in total. The first kappa shape index (κ1) is 16.6. The summed E-state index contributed by atoms with van der Waals surface area (Å²) < 4.78 is 10.1. The maximum Gasteiger partial charge on any atom is 0.237 e. The van der Waals surface area contributed by atoms with E-state index < -0.39 is 0 Å². The SMILES string of the molecule is COCc1noc(CCNC(=O)[C@@H]2Cc3ccccc3CN2C)n1. The summed E-state index contributed by atoms with van der Waals surface area (Å²) in [5.74, 6) is 1.05. The molecule has 128 valence electrons. The predicted octanol–water partition coefficient (Wildman–Crippen LogP) is 0.931. The summed E-state index contributed by atoms with van der Waals surface area (Å²) >= 11 is 0. The monoisotopic (exact) mass is 330 g/mol. The number of nitrogens with zero attached hydrogens (tertiary/aromatic N) is 3. The maximum absolute atomic E-state index is 12.5. The lowest BCUT2D eigenvalue weighted by molar-refractivity contribution is -0.126. The normalized spacial score (nSPS) is 17.5. The van der Waals surface area contributed by atoms with Gasteiger partial charge in [-0.15, -0.1) is 0 Å². The Morgan fingerprint density at radius 2 is 2.21 bits per heavy atom. The predicted molar refractivity (Wildman–Crippen MR) is 87.1 cm³/mol. The van der Waals surface area contributed by atoms with Gasteiger partial charge < -0.3 is 14.6 Å². The largest absolute Gasteiger partial charge is 0.377 e. The van der Waals surface area contributed by atoms with Crippen molar-refractivity contribution in [3.05, 3.63) is 47.1 Å². The Bertz CT molecular complexity index is 701. The lowest BCUT2D eigenvalue weighted by atomic mass is 9.94. The first-order valence-electron chi connectivity index (χ1n) is 8.02. The summed E-state index contributed by atoms with van der Waals surface area (Å²) in [5, 5.41) is 6.76. The van der Waals surface area contributed by atoms with E-state index in [0.717, 1.165) is 13.0 Å². The number of ether oxygens (including phenoxy) is 1. The first-order chi connectivity index (χ1) is 11.7. The Morgan fingerprint density at radius 1 is 1.42 bits per heavy atom. The van der Waals surface area contributed by atoms with E-state index >= 15 is 0 Å². The lowest BCUT2D eigenvalue weighted by Gasteiger charge is -2.33. The molecule has 3 rings (SSSR count). The molecule has 1 N–H and O–H groups in total. The van der Waals surface area contributed by atoms with Crippen molar-refractivity contribution in [3.63, 3.8) is 0 Å². The van der Waals surface area contributed by atoms with Crippen LogP contribution in [0.3, 0.4) is 0 Å². The molecule has 0 radical (unpaired) electrons. The molecule has 2 heterocycles. The van der Waals surface area contributed by atoms with Crippen LogP contribution in [-0.4, -0.2) is 47.7 Å². The number of hydrogen-bond acceptors (Lipinski definition) is 6. The molecule has 0 unspecified atom stereocenters. The Hall–Kier alpha value is -2.25. The second-order valence-corrected chi connectivity index (χ2v) is 5.98. The standard InChI is InChI=1S/C17H22N4O3/c1-21-10-13-6-4-3-5-12(13)9-14(21)17(22)18-8-7-16-19-15(11-23-2)20-24-16/h3-6,14H,7-11H2,1-2H3,(H,18,22)/t14-/m0/s1. The van der Waals surface area contributed by atoms with E-state index in [4.69, 9.17) is 9.26 Å². The Kier molecular flexibility index (Phi) is 5.22. The number of rotatable bonds is 6. The molecular weight excluding hydrogens is 308 g/mol. The zero-order valence-electron chi connectivity index (χ0n) is 14.0. The van der Waals surface area contributed by atoms with Gasteiger partial charge in [-0.05, 0) is 24.6 Å². The highest BCUT2D eigenvalue weighted by molar-refractivity contribution is 5.82. The highest BCUT2D eigenvalue weighted by Crippen LogP contribution is 2.21. The number of likely N-dealkylation sites (N-methyl/N-ethyl adjacent to an activating group) is 1. The van der Waals surface area contributed by atoms with Crippen LogP contribution in [-0.2, 0) is 35.5 Å². The van der Waals surface area contributed by atoms with Gasteiger partial charge in [0.2, 0.25) is 11.8 Å². The fourth-order valence-corrected chi connectivity index (χ4v) is 2.94. The number of aromatic nitrogens is 2. The van der Waals surface area contributed by atoms with Crippen LogP contribution in [0.5, 0.6) is 0 Å². The minimum Gasteiger partial charge on any atom is -0.377 e. The molecule has 1 atom stereocenters. The molecule has 0 aliphatic carbocycles. The van der Waals surface area contributed by atoms with Crippen molar-refractivity contribution in [2.45, 2.75) is 32.0 Å². The number of benzene rings is 1. The fourth-order valence-electron chi connectivity index (χ4n) is 2.94. The van der Waals surface area contributed by atoms with E-state index in [9.17, 15) is 4.79 Å². The van der Waals surface area contributed by atoms with Crippen molar-refractivity contribution in [2.75, 3.05) is 20.7 Å². The molecule has 0 saturated heterocycles. The molecule has 2 aromatic rings. The molecule has 0 bridgehead atoms. The summed E-state index contributed by atoms with van der Waals surface area (Å²) in [4.78, 5) is 18.8. The molecule has 0 spiro atoms. The minimum absolute atomic E-state index is 0.0311. The van der Waals surface area contributed by atoms with Crippen LogP contribution < -0.4 is 5.32 Å². The van der Waals surface area contributed by atoms with Crippen molar-refractivity contribution in [2.24, 2.45) is 0 Å². The molecule has 1 aromatic carbocycles. The van der Waals surface area contributed by atoms with Crippen LogP contribution in [0.15, 0.2) is 28.8 Å². The summed E-state index contributed by atoms with van der Waals surface area (Å²) in [5.41, 5.74) is 2.54. The van der Waals surface area contributed by atoms with Crippen LogP contribution in [0.1, 0.15) is 22.8 Å². The van der Waals surface area contributed by atoms with Crippen molar-refractivity contribution in [1.29, 1.82) is 0 Å². The van der Waals surface area contributed by atoms with Crippen LogP contribution in [0.2, 0.25) is 0 Å². The van der Waals surface area contributed by atoms with Crippen LogP contribution in [0.4, 0.5) is 0 Å². The van der Waals surface area contributed by atoms with Gasteiger partial charge in [0, 0.05) is 26.6 Å². The van der Waals surface area contributed by atoms with Gasteiger partial charge in [-0.1, -0.05) is 29.4 Å². The van der Waals surface area contributed by atoms with Gasteiger partial charge in [0.1, 0.15) is 6.61 Å². The highest BCUT2D eigenvalue weighted by Gasteiger charge is 2.28. The molecule has 0 saturated carbocycles. The Labute approximate surface area is 141 Å². The molecule has 24 heavy (non-hydrogen) atoms. The fraction of sp³-hybridized carbons (Fsp3) is 0.471. The third-order valence-electron chi connectivity index (χ3n) is 4.21. The molecule has 7 heteroatoms. The summed E-state index contributed by atoms with van der Waals surface area (Å²) in [7, 11) is 3.56.